The van der Waals surface area contributed by atoms with Gasteiger partial charge in [0.1, 0.15) is 17.9 Å². The first-order valence-electron chi connectivity index (χ1n) is 13.1. The topological polar surface area (TPSA) is 60.7 Å². The summed E-state index contributed by atoms with van der Waals surface area (Å²) in [7, 11) is 0. The molecule has 0 atom stereocenters. The van der Waals surface area contributed by atoms with Crippen molar-refractivity contribution in [2.24, 2.45) is 0 Å². The Morgan fingerprint density at radius 3 is 2.16 bits per heavy atom. The molecule has 7 nitrogen and oxygen atoms in total. The third-order valence-corrected chi connectivity index (χ3v) is 7.49. The van der Waals surface area contributed by atoms with Crippen molar-refractivity contribution in [3.05, 3.63) is 60.9 Å². The number of benzene rings is 2. The van der Waals surface area contributed by atoms with E-state index in [0.29, 0.717) is 11.8 Å². The predicted octanol–water partition coefficient (Wildman–Crippen LogP) is 4.92. The molecule has 2 aromatic heterocycles. The zero-order chi connectivity index (χ0) is 24.5. The maximum atomic E-state index is 6.50. The average molecular weight is 519 g/mol. The van der Waals surface area contributed by atoms with E-state index >= 15 is 0 Å². The summed E-state index contributed by atoms with van der Waals surface area (Å²) in [5.74, 6) is 1.82. The van der Waals surface area contributed by atoms with Gasteiger partial charge in [-0.05, 0) is 43.7 Å². The molecule has 2 aliphatic heterocycles. The first kappa shape index (κ1) is 25.5. The lowest BCUT2D eigenvalue weighted by molar-refractivity contribution is 0.209. The Morgan fingerprint density at radius 1 is 0.784 bits per heavy atom. The van der Waals surface area contributed by atoms with Crippen molar-refractivity contribution < 1.29 is 4.42 Å². The lowest BCUT2D eigenvalue weighted by Crippen LogP contribution is -2.49. The number of nitrogens with one attached hydrogen (secondary N) is 1. The molecule has 0 spiro atoms. The minimum atomic E-state index is 0. The van der Waals surface area contributed by atoms with Crippen LogP contribution in [-0.4, -0.2) is 73.3 Å². The van der Waals surface area contributed by atoms with Gasteiger partial charge in [-0.15, -0.1) is 12.4 Å². The molecule has 37 heavy (non-hydrogen) atoms. The molecule has 0 unspecified atom stereocenters. The van der Waals surface area contributed by atoms with Crippen molar-refractivity contribution in [3.8, 4) is 22.5 Å². The van der Waals surface area contributed by atoms with Crippen molar-refractivity contribution >= 4 is 35.0 Å². The zero-order valence-electron chi connectivity index (χ0n) is 21.6. The van der Waals surface area contributed by atoms with Gasteiger partial charge >= 0.3 is 0 Å². The number of rotatable bonds is 5. The Morgan fingerprint density at radius 2 is 1.49 bits per heavy atom. The predicted molar refractivity (Wildman–Crippen MR) is 154 cm³/mol. The van der Waals surface area contributed by atoms with Crippen LogP contribution >= 0.6 is 12.4 Å². The number of furan rings is 1. The number of halogens is 1. The molecule has 4 heterocycles. The van der Waals surface area contributed by atoms with Gasteiger partial charge in [0.15, 0.2) is 0 Å². The minimum Gasteiger partial charge on any atom is -0.437 e. The van der Waals surface area contributed by atoms with Gasteiger partial charge in [-0.2, -0.15) is 0 Å². The summed E-state index contributed by atoms with van der Waals surface area (Å²) in [5, 5.41) is 4.43. The van der Waals surface area contributed by atoms with Crippen LogP contribution in [0.15, 0.2) is 65.3 Å². The van der Waals surface area contributed by atoms with E-state index in [4.69, 9.17) is 9.40 Å². The summed E-state index contributed by atoms with van der Waals surface area (Å²) >= 11 is 0. The van der Waals surface area contributed by atoms with Gasteiger partial charge in [-0.1, -0.05) is 30.3 Å². The van der Waals surface area contributed by atoms with Crippen molar-refractivity contribution in [2.75, 3.05) is 62.2 Å². The highest BCUT2D eigenvalue weighted by Gasteiger charge is 2.27. The van der Waals surface area contributed by atoms with E-state index in [0.717, 1.165) is 86.0 Å². The Kier molecular flexibility index (Phi) is 7.65. The van der Waals surface area contributed by atoms with Gasteiger partial charge < -0.3 is 19.5 Å². The minimum absolute atomic E-state index is 0. The number of hydrogen-bond donors (Lipinski definition) is 1. The third-order valence-electron chi connectivity index (χ3n) is 7.49. The van der Waals surface area contributed by atoms with Crippen LogP contribution in [0.1, 0.15) is 13.8 Å². The fraction of sp³-hybridized carbons (Fsp3) is 0.379. The molecule has 2 fully saturated rings. The van der Waals surface area contributed by atoms with Gasteiger partial charge in [0, 0.05) is 75.2 Å². The van der Waals surface area contributed by atoms with E-state index in [-0.39, 0.29) is 12.4 Å². The van der Waals surface area contributed by atoms with Crippen molar-refractivity contribution in [1.82, 2.24) is 20.2 Å². The number of nitrogens with zero attached hydrogens (tertiary/aromatic N) is 5. The molecule has 2 aromatic carbocycles. The summed E-state index contributed by atoms with van der Waals surface area (Å²) in [4.78, 5) is 16.7. The van der Waals surface area contributed by atoms with E-state index in [1.54, 1.807) is 6.33 Å². The van der Waals surface area contributed by atoms with Crippen LogP contribution in [-0.2, 0) is 0 Å². The summed E-state index contributed by atoms with van der Waals surface area (Å²) in [5.41, 5.74) is 5.14. The van der Waals surface area contributed by atoms with Gasteiger partial charge in [-0.3, -0.25) is 4.90 Å². The number of hydrogen-bond acceptors (Lipinski definition) is 7. The smallest absolute Gasteiger partial charge is 0.232 e. The van der Waals surface area contributed by atoms with E-state index in [1.165, 1.54) is 5.69 Å². The van der Waals surface area contributed by atoms with Gasteiger partial charge in [0.25, 0.3) is 0 Å². The monoisotopic (exact) mass is 518 g/mol. The van der Waals surface area contributed by atoms with Gasteiger partial charge in [-0.25, -0.2) is 9.97 Å². The maximum Gasteiger partial charge on any atom is 0.232 e. The summed E-state index contributed by atoms with van der Waals surface area (Å²) in [6.45, 7) is 12.6. The number of fused-ring (bicyclic) bond motifs is 1. The van der Waals surface area contributed by atoms with Crippen LogP contribution in [0.25, 0.3) is 33.6 Å². The van der Waals surface area contributed by atoms with E-state index in [2.05, 4.69) is 93.4 Å². The quantitative estimate of drug-likeness (QED) is 0.402. The van der Waals surface area contributed by atoms with Crippen LogP contribution in [0.4, 0.5) is 11.5 Å². The van der Waals surface area contributed by atoms with E-state index in [9.17, 15) is 0 Å². The van der Waals surface area contributed by atoms with Crippen LogP contribution in [0.2, 0.25) is 0 Å². The second-order valence-electron chi connectivity index (χ2n) is 9.95. The molecule has 0 amide bonds. The van der Waals surface area contributed by atoms with E-state index < -0.39 is 0 Å². The highest BCUT2D eigenvalue weighted by atomic mass is 35.5. The maximum absolute atomic E-state index is 6.50. The normalized spacial score (nSPS) is 16.8. The van der Waals surface area contributed by atoms with Crippen molar-refractivity contribution in [1.29, 1.82) is 0 Å². The highest BCUT2D eigenvalue weighted by molar-refractivity contribution is 6.06. The molecule has 0 aliphatic carbocycles. The first-order valence-corrected chi connectivity index (χ1v) is 13.1. The zero-order valence-corrected chi connectivity index (χ0v) is 22.4. The number of piperazine rings is 2. The fourth-order valence-electron chi connectivity index (χ4n) is 5.44. The lowest BCUT2D eigenvalue weighted by atomic mass is 9.99. The van der Waals surface area contributed by atoms with E-state index in [1.807, 2.05) is 0 Å². The molecule has 0 radical (unpaired) electrons. The molecule has 4 aromatic rings. The first-order chi connectivity index (χ1) is 17.7. The Bertz CT molecular complexity index is 1310. The molecule has 2 aliphatic rings. The summed E-state index contributed by atoms with van der Waals surface area (Å²) in [6.07, 6.45) is 1.64. The lowest BCUT2D eigenvalue weighted by Gasteiger charge is -2.37. The third kappa shape index (κ3) is 5.04. The van der Waals surface area contributed by atoms with Crippen LogP contribution in [0, 0.1) is 0 Å². The van der Waals surface area contributed by atoms with Crippen molar-refractivity contribution in [3.63, 3.8) is 0 Å². The molecule has 8 heteroatoms. The molecular weight excluding hydrogens is 484 g/mol. The number of aromatic nitrogens is 2. The Balaban J connectivity index is 0.00000280. The molecule has 2 saturated heterocycles. The van der Waals surface area contributed by atoms with Crippen LogP contribution < -0.4 is 15.1 Å². The van der Waals surface area contributed by atoms with Crippen molar-refractivity contribution in [2.45, 2.75) is 19.9 Å². The summed E-state index contributed by atoms with van der Waals surface area (Å²) in [6, 6.07) is 19.8. The largest absolute Gasteiger partial charge is 0.437 e. The second-order valence-corrected chi connectivity index (χ2v) is 9.95. The molecule has 0 saturated carbocycles. The Labute approximate surface area is 224 Å². The SMILES string of the molecule is CC(C)N1CCN(c2ncnc3oc(-c4ccc(N5CCNCC5)cc4)c(-c4ccccc4)c23)CC1.Cl. The fourth-order valence-corrected chi connectivity index (χ4v) is 5.44. The standard InChI is InChI=1S/C29H34N6O.ClH/c1-21(2)33-16-18-35(19-17-33)28-26-25(22-6-4-3-5-7-22)27(36-29(26)32-20-31-28)23-8-10-24(11-9-23)34-14-12-30-13-15-34;/h3-11,20-21,30H,12-19H2,1-2H3;1H. The van der Waals surface area contributed by atoms with Gasteiger partial charge in [0.2, 0.25) is 5.71 Å². The summed E-state index contributed by atoms with van der Waals surface area (Å²) < 4.78 is 6.50. The van der Waals surface area contributed by atoms with Crippen LogP contribution in [0.3, 0.4) is 0 Å². The average Bonchev–Trinajstić information content (AvgIpc) is 3.34. The molecule has 194 valence electrons. The molecular formula is C29H35ClN6O. The molecule has 0 bridgehead atoms. The molecule has 6 rings (SSSR count). The molecule has 1 N–H and O–H groups in total. The van der Waals surface area contributed by atoms with Crippen LogP contribution in [0.5, 0.6) is 0 Å². The number of anilines is 2. The highest BCUT2D eigenvalue weighted by Crippen LogP contribution is 2.43. The second kappa shape index (κ2) is 11.1. The van der Waals surface area contributed by atoms with Gasteiger partial charge in [0.05, 0.1) is 5.39 Å². The Hall–Kier alpha value is -3.13.